The Morgan fingerprint density at radius 2 is 1.84 bits per heavy atom. The van der Waals surface area contributed by atoms with Crippen molar-refractivity contribution >= 4 is 11.7 Å². The summed E-state index contributed by atoms with van der Waals surface area (Å²) in [6, 6.07) is 11.8. The lowest BCUT2D eigenvalue weighted by molar-refractivity contribution is -0.115. The highest BCUT2D eigenvalue weighted by Crippen LogP contribution is 2.39. The molecule has 1 fully saturated rings. The maximum atomic E-state index is 12.1. The molecule has 1 saturated carbocycles. The molecule has 0 radical (unpaired) electrons. The van der Waals surface area contributed by atoms with Crippen LogP contribution in [-0.2, 0) is 11.2 Å². The quantitative estimate of drug-likeness (QED) is 0.574. The van der Waals surface area contributed by atoms with E-state index in [1.54, 1.807) is 24.3 Å². The smallest absolute Gasteiger partial charge is 0.229 e. The lowest BCUT2D eigenvalue weighted by Gasteiger charge is -2.08. The SMILES string of the molecule is O=C(Cc1ccc(-n2c(O)ccc2O)cc1)Nc1cc(C2CC2)[nH]n1. The van der Waals surface area contributed by atoms with Gasteiger partial charge in [0.1, 0.15) is 0 Å². The van der Waals surface area contributed by atoms with Crippen LogP contribution in [0.1, 0.15) is 30.0 Å². The van der Waals surface area contributed by atoms with Crippen molar-refractivity contribution in [1.29, 1.82) is 0 Å². The van der Waals surface area contributed by atoms with E-state index in [0.717, 1.165) is 11.3 Å². The van der Waals surface area contributed by atoms with Gasteiger partial charge < -0.3 is 15.5 Å². The molecule has 1 amide bonds. The Labute approximate surface area is 143 Å². The fraction of sp³-hybridized carbons (Fsp3) is 0.222. The molecule has 0 unspecified atom stereocenters. The third kappa shape index (κ3) is 3.21. The Morgan fingerprint density at radius 3 is 2.48 bits per heavy atom. The van der Waals surface area contributed by atoms with E-state index in [1.807, 2.05) is 6.07 Å². The fourth-order valence-electron chi connectivity index (χ4n) is 2.82. The highest BCUT2D eigenvalue weighted by Gasteiger charge is 2.25. The minimum absolute atomic E-state index is 0.0482. The standard InChI is InChI=1S/C18H18N4O3/c23-16(19-15-10-14(20-21-15)12-3-4-12)9-11-1-5-13(6-2-11)22-17(24)7-8-18(22)25/h1-2,5-8,10,12,24-25H,3-4,9H2,(H2,19,20,21,23). The van der Waals surface area contributed by atoms with E-state index in [4.69, 9.17) is 0 Å². The molecule has 7 heteroatoms. The summed E-state index contributed by atoms with van der Waals surface area (Å²) < 4.78 is 1.31. The van der Waals surface area contributed by atoms with Crippen LogP contribution in [0.3, 0.4) is 0 Å². The first-order valence-corrected chi connectivity index (χ1v) is 8.14. The van der Waals surface area contributed by atoms with E-state index in [-0.39, 0.29) is 24.1 Å². The second kappa shape index (κ2) is 6.01. The highest BCUT2D eigenvalue weighted by molar-refractivity contribution is 5.91. The summed E-state index contributed by atoms with van der Waals surface area (Å²) in [5.74, 6) is 0.868. The molecular weight excluding hydrogens is 320 g/mol. The van der Waals surface area contributed by atoms with Crippen LogP contribution in [0.2, 0.25) is 0 Å². The van der Waals surface area contributed by atoms with Crippen LogP contribution in [0.4, 0.5) is 5.82 Å². The average Bonchev–Trinajstić information content (AvgIpc) is 3.25. The Kier molecular flexibility index (Phi) is 3.68. The molecule has 4 rings (SSSR count). The van der Waals surface area contributed by atoms with Crippen molar-refractivity contribution in [3.05, 3.63) is 53.7 Å². The van der Waals surface area contributed by atoms with Crippen molar-refractivity contribution in [3.63, 3.8) is 0 Å². The number of benzene rings is 1. The van der Waals surface area contributed by atoms with Crippen molar-refractivity contribution in [3.8, 4) is 17.4 Å². The summed E-state index contributed by atoms with van der Waals surface area (Å²) in [7, 11) is 0. The van der Waals surface area contributed by atoms with Crippen LogP contribution < -0.4 is 5.32 Å². The molecule has 25 heavy (non-hydrogen) atoms. The van der Waals surface area contributed by atoms with E-state index in [0.29, 0.717) is 17.4 Å². The molecule has 3 aromatic rings. The number of aromatic hydroxyl groups is 2. The number of aromatic nitrogens is 3. The summed E-state index contributed by atoms with van der Waals surface area (Å²) in [5, 5.41) is 29.3. The van der Waals surface area contributed by atoms with E-state index in [9.17, 15) is 15.0 Å². The van der Waals surface area contributed by atoms with Crippen molar-refractivity contribution < 1.29 is 15.0 Å². The summed E-state index contributed by atoms with van der Waals surface area (Å²) in [6.45, 7) is 0. The zero-order valence-corrected chi connectivity index (χ0v) is 13.4. The first kappa shape index (κ1) is 15.3. The minimum atomic E-state index is -0.145. The lowest BCUT2D eigenvalue weighted by atomic mass is 10.1. The Morgan fingerprint density at radius 1 is 1.16 bits per heavy atom. The van der Waals surface area contributed by atoms with Gasteiger partial charge in [-0.25, -0.2) is 0 Å². The number of carbonyl (C=O) groups is 1. The van der Waals surface area contributed by atoms with Crippen molar-refractivity contribution in [2.75, 3.05) is 5.32 Å². The second-order valence-electron chi connectivity index (χ2n) is 6.26. The lowest BCUT2D eigenvalue weighted by Crippen LogP contribution is -2.14. The molecule has 1 aliphatic rings. The number of nitrogens with zero attached hydrogens (tertiary/aromatic N) is 2. The number of amides is 1. The van der Waals surface area contributed by atoms with Gasteiger partial charge in [0, 0.05) is 29.8 Å². The predicted molar refractivity (Wildman–Crippen MR) is 92.0 cm³/mol. The topological polar surface area (TPSA) is 103 Å². The van der Waals surface area contributed by atoms with Gasteiger partial charge in [-0.2, -0.15) is 5.10 Å². The van der Waals surface area contributed by atoms with Gasteiger partial charge in [-0.15, -0.1) is 0 Å². The number of hydrogen-bond acceptors (Lipinski definition) is 4. The number of hydrogen-bond donors (Lipinski definition) is 4. The molecule has 2 aromatic heterocycles. The van der Waals surface area contributed by atoms with E-state index in [1.165, 1.54) is 29.5 Å². The zero-order valence-electron chi connectivity index (χ0n) is 13.4. The molecule has 7 nitrogen and oxygen atoms in total. The number of aromatic amines is 1. The van der Waals surface area contributed by atoms with Gasteiger partial charge in [-0.1, -0.05) is 12.1 Å². The van der Waals surface area contributed by atoms with Crippen LogP contribution in [0.25, 0.3) is 5.69 Å². The van der Waals surface area contributed by atoms with Crippen LogP contribution >= 0.6 is 0 Å². The van der Waals surface area contributed by atoms with Gasteiger partial charge in [0.15, 0.2) is 17.6 Å². The Balaban J connectivity index is 1.41. The summed E-state index contributed by atoms with van der Waals surface area (Å²) >= 11 is 0. The molecule has 0 aliphatic heterocycles. The third-order valence-corrected chi connectivity index (χ3v) is 4.28. The number of carbonyl (C=O) groups excluding carboxylic acids is 1. The molecule has 0 spiro atoms. The summed E-state index contributed by atoms with van der Waals surface area (Å²) in [4.78, 5) is 12.1. The van der Waals surface area contributed by atoms with E-state index in [2.05, 4.69) is 15.5 Å². The number of anilines is 1. The first-order chi connectivity index (χ1) is 12.1. The largest absolute Gasteiger partial charge is 0.494 e. The molecule has 1 aromatic carbocycles. The van der Waals surface area contributed by atoms with Crippen LogP contribution in [-0.4, -0.2) is 30.9 Å². The van der Waals surface area contributed by atoms with Crippen molar-refractivity contribution in [2.45, 2.75) is 25.2 Å². The molecule has 0 saturated heterocycles. The average molecular weight is 338 g/mol. The van der Waals surface area contributed by atoms with Crippen LogP contribution in [0.5, 0.6) is 11.8 Å². The predicted octanol–water partition coefficient (Wildman–Crippen LogP) is 2.67. The van der Waals surface area contributed by atoms with Crippen LogP contribution in [0, 0.1) is 0 Å². The van der Waals surface area contributed by atoms with Crippen molar-refractivity contribution in [2.24, 2.45) is 0 Å². The Bertz CT molecular complexity index is 887. The third-order valence-electron chi connectivity index (χ3n) is 4.28. The fourth-order valence-corrected chi connectivity index (χ4v) is 2.82. The maximum absolute atomic E-state index is 12.1. The first-order valence-electron chi connectivity index (χ1n) is 8.14. The molecule has 0 atom stereocenters. The minimum Gasteiger partial charge on any atom is -0.494 e. The van der Waals surface area contributed by atoms with Gasteiger partial charge in [0.2, 0.25) is 5.91 Å². The monoisotopic (exact) mass is 338 g/mol. The number of rotatable bonds is 5. The van der Waals surface area contributed by atoms with Gasteiger partial charge >= 0.3 is 0 Å². The highest BCUT2D eigenvalue weighted by atomic mass is 16.3. The zero-order chi connectivity index (χ0) is 17.4. The Hall–Kier alpha value is -3.22. The molecule has 1 aliphatic carbocycles. The van der Waals surface area contributed by atoms with E-state index >= 15 is 0 Å². The second-order valence-corrected chi connectivity index (χ2v) is 6.26. The summed E-state index contributed by atoms with van der Waals surface area (Å²) in [6.07, 6.45) is 2.57. The number of nitrogens with one attached hydrogen (secondary N) is 2. The molecule has 128 valence electrons. The normalized spacial score (nSPS) is 13.8. The molecular formula is C18H18N4O3. The molecule has 4 N–H and O–H groups in total. The van der Waals surface area contributed by atoms with Crippen LogP contribution in [0.15, 0.2) is 42.5 Å². The van der Waals surface area contributed by atoms with E-state index < -0.39 is 0 Å². The van der Waals surface area contributed by atoms with Crippen molar-refractivity contribution in [1.82, 2.24) is 14.8 Å². The van der Waals surface area contributed by atoms with Gasteiger partial charge in [-0.3, -0.25) is 14.5 Å². The maximum Gasteiger partial charge on any atom is 0.229 e. The molecule has 0 bridgehead atoms. The summed E-state index contributed by atoms with van der Waals surface area (Å²) in [5.41, 5.74) is 2.52. The number of H-pyrrole nitrogens is 1. The van der Waals surface area contributed by atoms with Gasteiger partial charge in [0.25, 0.3) is 0 Å². The molecule has 2 heterocycles. The van der Waals surface area contributed by atoms with Gasteiger partial charge in [-0.05, 0) is 30.5 Å². The van der Waals surface area contributed by atoms with Gasteiger partial charge in [0.05, 0.1) is 12.1 Å².